The highest BCUT2D eigenvalue weighted by Crippen LogP contribution is 2.65. The molecule has 2 N–H and O–H groups in total. The van der Waals surface area contributed by atoms with Crippen LogP contribution in [-0.2, 0) is 38.6 Å². The summed E-state index contributed by atoms with van der Waals surface area (Å²) >= 11 is 7.57. The fourth-order valence-corrected chi connectivity index (χ4v) is 16.6. The standard InChI is InChI=1S/C25H39BrO5.C25H37BrO5/c2*1-5-6-14(2)30-31-17-9-10-25(4)16(11-17)12-22(28)23-19-13-21(26)24(29-15(3)27)18(19)7-8-20(23)25/h16-24,28H,2,5-13H2,1,3-4H3;12,17-24,28H,2,5-11,13H2,1,3-4H3/t16?,17-,18-,19?,20?,21+,22-,23?,24+,25-;17-,18-,19?,20?,21+,22-,23?,24?,25-/m00/s1. The van der Waals surface area contributed by atoms with E-state index in [0.717, 1.165) is 109 Å². The lowest BCUT2D eigenvalue weighted by molar-refractivity contribution is -0.312. The van der Waals surface area contributed by atoms with E-state index >= 15 is 0 Å². The van der Waals surface area contributed by atoms with Gasteiger partial charge in [-0.2, -0.15) is 9.78 Å². The maximum absolute atomic E-state index is 11.6. The van der Waals surface area contributed by atoms with E-state index in [0.29, 0.717) is 58.9 Å². The first-order chi connectivity index (χ1) is 29.5. The normalized spacial score (nSPS) is 45.1. The van der Waals surface area contributed by atoms with E-state index in [1.807, 2.05) is 0 Å². The molecule has 350 valence electrons. The number of rotatable bonds is 12. The predicted octanol–water partition coefficient (Wildman–Crippen LogP) is 11.0. The molecule has 10 nitrogen and oxygen atoms in total. The molecule has 0 spiro atoms. The number of aliphatic hydroxyl groups is 2. The van der Waals surface area contributed by atoms with Crippen molar-refractivity contribution in [3.63, 3.8) is 0 Å². The van der Waals surface area contributed by atoms with Gasteiger partial charge in [0.05, 0.1) is 21.9 Å². The van der Waals surface area contributed by atoms with Crippen LogP contribution in [0.1, 0.15) is 151 Å². The molecule has 19 atom stereocenters. The fraction of sp³-hybridized carbons (Fsp3) is 0.840. The molecule has 0 heterocycles. The summed E-state index contributed by atoms with van der Waals surface area (Å²) in [6.07, 6.45) is 17.9. The third kappa shape index (κ3) is 9.82. The third-order valence-electron chi connectivity index (χ3n) is 17.5. The monoisotopic (exact) mass is 994 g/mol. The highest BCUT2D eigenvalue weighted by atomic mass is 79.9. The van der Waals surface area contributed by atoms with Crippen LogP contribution in [-0.4, -0.2) is 68.4 Å². The first-order valence-electron chi connectivity index (χ1n) is 24.2. The van der Waals surface area contributed by atoms with Crippen molar-refractivity contribution in [3.05, 3.63) is 36.3 Å². The van der Waals surface area contributed by atoms with Crippen molar-refractivity contribution in [1.82, 2.24) is 0 Å². The molecule has 0 aromatic carbocycles. The molecule has 8 unspecified atom stereocenters. The van der Waals surface area contributed by atoms with Crippen molar-refractivity contribution in [2.45, 2.75) is 197 Å². The van der Waals surface area contributed by atoms with Crippen LogP contribution in [0.15, 0.2) is 36.3 Å². The van der Waals surface area contributed by atoms with Gasteiger partial charge in [0.25, 0.3) is 0 Å². The second kappa shape index (κ2) is 20.2. The summed E-state index contributed by atoms with van der Waals surface area (Å²) in [4.78, 5) is 46.1. The van der Waals surface area contributed by atoms with Gasteiger partial charge in [-0.15, -0.1) is 0 Å². The summed E-state index contributed by atoms with van der Waals surface area (Å²) < 4.78 is 11.4. The Labute approximate surface area is 388 Å². The fourth-order valence-electron chi connectivity index (χ4n) is 14.8. The van der Waals surface area contributed by atoms with Gasteiger partial charge in [-0.25, -0.2) is 0 Å². The van der Waals surface area contributed by atoms with Crippen molar-refractivity contribution in [1.29, 1.82) is 0 Å². The van der Waals surface area contributed by atoms with Crippen molar-refractivity contribution in [2.24, 2.45) is 64.1 Å². The van der Waals surface area contributed by atoms with Crippen LogP contribution in [0.5, 0.6) is 0 Å². The molecule has 7 fully saturated rings. The Balaban J connectivity index is 0.000000186. The van der Waals surface area contributed by atoms with Gasteiger partial charge in [0.1, 0.15) is 35.9 Å². The molecule has 8 rings (SSSR count). The largest absolute Gasteiger partial charge is 0.461 e. The molecule has 0 aliphatic heterocycles. The second-order valence-corrected chi connectivity index (χ2v) is 23.5. The molecular formula is C50H76Br2O10. The maximum atomic E-state index is 11.6. The molecule has 8 aliphatic carbocycles. The lowest BCUT2D eigenvalue weighted by atomic mass is 9.46. The predicted molar refractivity (Wildman–Crippen MR) is 244 cm³/mol. The SMILES string of the molecule is C=C(CCC)OO[C@H]1CC[C@@]2(C)C(=C[C@H](O)C3C4C[C@@H](Br)C(OC(C)=O)[C@H]4CCC32)C1.C=C(CCC)OO[C@H]1CC[C@@]2(C)C(C1)C[C@H](O)C1C3C[C@@H](Br)[C@H](OC(C)=O)[C@H]3CCC12. The minimum absolute atomic E-state index is 0.0137. The Kier molecular flexibility index (Phi) is 15.8. The zero-order valence-corrected chi connectivity index (χ0v) is 41.4. The van der Waals surface area contributed by atoms with Crippen LogP contribution in [0.2, 0.25) is 0 Å². The number of halogens is 2. The zero-order chi connectivity index (χ0) is 44.7. The minimum Gasteiger partial charge on any atom is -0.461 e. The van der Waals surface area contributed by atoms with Crippen LogP contribution < -0.4 is 0 Å². The molecule has 0 saturated heterocycles. The Morgan fingerprint density at radius 1 is 0.710 bits per heavy atom. The van der Waals surface area contributed by atoms with Crippen LogP contribution in [0.3, 0.4) is 0 Å². The molecule has 0 aromatic rings. The van der Waals surface area contributed by atoms with Crippen molar-refractivity contribution >= 4 is 43.8 Å². The number of allylic oxidation sites excluding steroid dienone is 2. The molecule has 0 bridgehead atoms. The van der Waals surface area contributed by atoms with Gasteiger partial charge in [-0.3, -0.25) is 9.59 Å². The summed E-state index contributed by atoms with van der Waals surface area (Å²) in [5, 5.41) is 22.6. The van der Waals surface area contributed by atoms with E-state index < -0.39 is 6.10 Å². The van der Waals surface area contributed by atoms with Gasteiger partial charge < -0.3 is 29.5 Å². The number of aliphatic hydroxyl groups excluding tert-OH is 2. The van der Waals surface area contributed by atoms with Gasteiger partial charge in [0, 0.05) is 38.5 Å². The average Bonchev–Trinajstić information content (AvgIpc) is 3.70. The van der Waals surface area contributed by atoms with Gasteiger partial charge >= 0.3 is 11.9 Å². The molecular weight excluding hydrogens is 920 g/mol. The molecule has 8 aliphatic rings. The average molecular weight is 997 g/mol. The lowest BCUT2D eigenvalue weighted by Gasteiger charge is -2.60. The number of alkyl halides is 2. The van der Waals surface area contributed by atoms with Gasteiger partial charge in [0.2, 0.25) is 0 Å². The molecule has 7 saturated carbocycles. The van der Waals surface area contributed by atoms with E-state index in [2.05, 4.69) is 78.8 Å². The molecule has 0 amide bonds. The van der Waals surface area contributed by atoms with E-state index in [9.17, 15) is 19.8 Å². The van der Waals surface area contributed by atoms with Crippen molar-refractivity contribution in [2.75, 3.05) is 0 Å². The minimum atomic E-state index is -0.452. The number of hydrogen-bond donors (Lipinski definition) is 2. The van der Waals surface area contributed by atoms with Crippen LogP contribution in [0.4, 0.5) is 0 Å². The van der Waals surface area contributed by atoms with E-state index in [4.69, 9.17) is 29.0 Å². The highest BCUT2D eigenvalue weighted by Gasteiger charge is 2.62. The maximum Gasteiger partial charge on any atom is 0.302 e. The number of esters is 2. The zero-order valence-electron chi connectivity index (χ0n) is 38.2. The highest BCUT2D eigenvalue weighted by molar-refractivity contribution is 9.09. The lowest BCUT2D eigenvalue weighted by Crippen LogP contribution is -2.57. The van der Waals surface area contributed by atoms with Crippen molar-refractivity contribution in [3.8, 4) is 0 Å². The van der Waals surface area contributed by atoms with E-state index in [1.165, 1.54) is 19.4 Å². The number of ether oxygens (including phenoxy) is 2. The number of fused-ring (bicyclic) bond motifs is 10. The Morgan fingerprint density at radius 3 is 1.81 bits per heavy atom. The Hall–Kier alpha value is -1.44. The summed E-state index contributed by atoms with van der Waals surface area (Å²) in [7, 11) is 0. The first-order valence-corrected chi connectivity index (χ1v) is 26.0. The molecule has 12 heteroatoms. The van der Waals surface area contributed by atoms with Gasteiger partial charge in [-0.05, 0) is 149 Å². The quantitative estimate of drug-likeness (QED) is 0.0487. The number of hydrogen-bond acceptors (Lipinski definition) is 10. The smallest absolute Gasteiger partial charge is 0.302 e. The van der Waals surface area contributed by atoms with Crippen molar-refractivity contribution < 1.29 is 48.8 Å². The summed E-state index contributed by atoms with van der Waals surface area (Å²) in [6.45, 7) is 19.9. The molecule has 62 heavy (non-hydrogen) atoms. The van der Waals surface area contributed by atoms with Crippen LogP contribution in [0.25, 0.3) is 0 Å². The van der Waals surface area contributed by atoms with Gasteiger partial charge in [-0.1, -0.05) is 84.4 Å². The van der Waals surface area contributed by atoms with E-state index in [-0.39, 0.29) is 68.9 Å². The van der Waals surface area contributed by atoms with Crippen LogP contribution in [0, 0.1) is 64.1 Å². The molecule has 0 aromatic heterocycles. The van der Waals surface area contributed by atoms with Gasteiger partial charge in [0.15, 0.2) is 0 Å². The van der Waals surface area contributed by atoms with E-state index in [1.54, 1.807) is 0 Å². The number of carbonyl (C=O) groups excluding carboxylic acids is 2. The molecule has 0 radical (unpaired) electrons. The summed E-state index contributed by atoms with van der Waals surface area (Å²) in [5.41, 5.74) is 1.65. The Morgan fingerprint density at radius 2 is 1.24 bits per heavy atom. The summed E-state index contributed by atoms with van der Waals surface area (Å²) in [5.74, 6) is 4.44. The first kappa shape index (κ1) is 48.5. The third-order valence-corrected chi connectivity index (χ3v) is 19.3. The topological polar surface area (TPSA) is 130 Å². The van der Waals surface area contributed by atoms with Crippen LogP contribution >= 0.6 is 31.9 Å². The number of carbonyl (C=O) groups is 2. The Bertz CT molecular complexity index is 1650. The summed E-state index contributed by atoms with van der Waals surface area (Å²) in [6, 6.07) is 0. The second-order valence-electron chi connectivity index (χ2n) is 21.1.